The molecule has 2 rings (SSSR count). The van der Waals surface area contributed by atoms with Crippen LogP contribution in [0, 0.1) is 5.92 Å². The molecule has 0 amide bonds. The molecule has 0 aromatic carbocycles. The molecule has 0 radical (unpaired) electrons. The molecule has 1 fully saturated rings. The van der Waals surface area contributed by atoms with Gasteiger partial charge in [-0.1, -0.05) is 38.8 Å². The fraction of sp³-hybridized carbons (Fsp3) is 0.875. The van der Waals surface area contributed by atoms with Crippen LogP contribution < -0.4 is 5.32 Å². The molecule has 4 heteroatoms. The highest BCUT2D eigenvalue weighted by molar-refractivity contribution is 5.02. The van der Waals surface area contributed by atoms with E-state index in [-0.39, 0.29) is 0 Å². The minimum atomic E-state index is 0.317. The van der Waals surface area contributed by atoms with Gasteiger partial charge in [-0.2, -0.15) is 4.98 Å². The van der Waals surface area contributed by atoms with Gasteiger partial charge in [-0.15, -0.1) is 0 Å². The van der Waals surface area contributed by atoms with E-state index in [4.69, 9.17) is 9.51 Å². The lowest BCUT2D eigenvalue weighted by Gasteiger charge is -2.24. The third-order valence-corrected chi connectivity index (χ3v) is 4.65. The van der Waals surface area contributed by atoms with Crippen LogP contribution in [-0.4, -0.2) is 22.7 Å². The quantitative estimate of drug-likeness (QED) is 0.859. The topological polar surface area (TPSA) is 51.0 Å². The first-order chi connectivity index (χ1) is 9.65. The molecule has 1 aromatic rings. The first kappa shape index (κ1) is 15.5. The van der Waals surface area contributed by atoms with Gasteiger partial charge in [-0.3, -0.25) is 0 Å². The molecule has 1 aliphatic carbocycles. The van der Waals surface area contributed by atoms with Gasteiger partial charge in [0, 0.05) is 12.0 Å². The second-order valence-corrected chi connectivity index (χ2v) is 6.32. The van der Waals surface area contributed by atoms with E-state index in [1.54, 1.807) is 0 Å². The number of nitrogens with zero attached hydrogens (tertiary/aromatic N) is 2. The van der Waals surface area contributed by atoms with E-state index in [1.165, 1.54) is 25.7 Å². The molecule has 1 aliphatic rings. The van der Waals surface area contributed by atoms with Gasteiger partial charge < -0.3 is 9.84 Å². The van der Waals surface area contributed by atoms with Crippen LogP contribution in [0.15, 0.2) is 4.52 Å². The monoisotopic (exact) mass is 279 g/mol. The molecule has 20 heavy (non-hydrogen) atoms. The highest BCUT2D eigenvalue weighted by Gasteiger charge is 2.28. The number of hydrogen-bond acceptors (Lipinski definition) is 4. The molecule has 0 spiro atoms. The van der Waals surface area contributed by atoms with Gasteiger partial charge >= 0.3 is 0 Å². The third kappa shape index (κ3) is 3.60. The molecule has 4 unspecified atom stereocenters. The molecular weight excluding hydrogens is 250 g/mol. The summed E-state index contributed by atoms with van der Waals surface area (Å²) in [6, 6.07) is 0.378. The van der Waals surface area contributed by atoms with Crippen LogP contribution in [0.5, 0.6) is 0 Å². The van der Waals surface area contributed by atoms with Gasteiger partial charge in [-0.25, -0.2) is 0 Å². The van der Waals surface area contributed by atoms with Gasteiger partial charge in [0.25, 0.3) is 0 Å². The van der Waals surface area contributed by atoms with Crippen LogP contribution in [0.3, 0.4) is 0 Å². The van der Waals surface area contributed by atoms with Gasteiger partial charge in [0.05, 0.1) is 5.92 Å². The fourth-order valence-corrected chi connectivity index (χ4v) is 3.44. The second kappa shape index (κ2) is 7.21. The van der Waals surface area contributed by atoms with E-state index in [2.05, 4.69) is 38.2 Å². The summed E-state index contributed by atoms with van der Waals surface area (Å²) >= 11 is 0. The lowest BCUT2D eigenvalue weighted by atomic mass is 9.82. The number of nitrogens with one attached hydrogen (secondary N) is 1. The molecular formula is C16H29N3O. The average Bonchev–Trinajstić information content (AvgIpc) is 2.89. The maximum absolute atomic E-state index is 5.57. The summed E-state index contributed by atoms with van der Waals surface area (Å²) in [4.78, 5) is 4.73. The molecule has 114 valence electrons. The summed E-state index contributed by atoms with van der Waals surface area (Å²) in [7, 11) is 0. The van der Waals surface area contributed by atoms with Gasteiger partial charge in [0.2, 0.25) is 5.89 Å². The molecule has 0 saturated heterocycles. The van der Waals surface area contributed by atoms with Crippen molar-refractivity contribution in [1.29, 1.82) is 0 Å². The molecule has 4 nitrogen and oxygen atoms in total. The van der Waals surface area contributed by atoms with E-state index in [9.17, 15) is 0 Å². The van der Waals surface area contributed by atoms with Crippen molar-refractivity contribution in [2.24, 2.45) is 5.92 Å². The largest absolute Gasteiger partial charge is 0.339 e. The Morgan fingerprint density at radius 2 is 2.15 bits per heavy atom. The van der Waals surface area contributed by atoms with Crippen LogP contribution >= 0.6 is 0 Å². The van der Waals surface area contributed by atoms with Crippen molar-refractivity contribution in [3.8, 4) is 0 Å². The molecule has 0 bridgehead atoms. The highest BCUT2D eigenvalue weighted by atomic mass is 16.5. The zero-order valence-corrected chi connectivity index (χ0v) is 13.4. The predicted molar refractivity (Wildman–Crippen MR) is 80.8 cm³/mol. The van der Waals surface area contributed by atoms with Crippen LogP contribution in [0.25, 0.3) is 0 Å². The lowest BCUT2D eigenvalue weighted by Crippen LogP contribution is -2.31. The fourth-order valence-electron chi connectivity index (χ4n) is 3.44. The lowest BCUT2D eigenvalue weighted by molar-refractivity contribution is 0.303. The zero-order chi connectivity index (χ0) is 14.5. The molecule has 1 aromatic heterocycles. The number of hydrogen-bond donors (Lipinski definition) is 1. The van der Waals surface area contributed by atoms with Crippen molar-refractivity contribution in [2.75, 3.05) is 6.54 Å². The Morgan fingerprint density at radius 3 is 2.80 bits per heavy atom. The summed E-state index contributed by atoms with van der Waals surface area (Å²) in [6.45, 7) is 9.81. The van der Waals surface area contributed by atoms with E-state index >= 15 is 0 Å². The van der Waals surface area contributed by atoms with Crippen molar-refractivity contribution < 1.29 is 4.52 Å². The maximum Gasteiger partial charge on any atom is 0.231 e. The van der Waals surface area contributed by atoms with Crippen LogP contribution in [-0.2, 0) is 0 Å². The SMILES string of the molecule is CCNC(C)C(CC)c1nc(C2CCCC(C)C2)no1. The summed E-state index contributed by atoms with van der Waals surface area (Å²) in [5, 5.41) is 7.73. The van der Waals surface area contributed by atoms with Crippen LogP contribution in [0.1, 0.15) is 83.3 Å². The standard InChI is InChI=1S/C16H29N3O/c1-5-14(12(4)17-6-2)16-18-15(19-20-16)13-9-7-8-11(3)10-13/h11-14,17H,5-10H2,1-4H3. The van der Waals surface area contributed by atoms with E-state index < -0.39 is 0 Å². The molecule has 1 N–H and O–H groups in total. The van der Waals surface area contributed by atoms with Crippen LogP contribution in [0.4, 0.5) is 0 Å². The Balaban J connectivity index is 2.06. The Hall–Kier alpha value is -0.900. The van der Waals surface area contributed by atoms with E-state index in [0.717, 1.165) is 30.6 Å². The van der Waals surface area contributed by atoms with Gasteiger partial charge in [0.15, 0.2) is 5.82 Å². The van der Waals surface area contributed by atoms with Crippen molar-refractivity contribution in [2.45, 2.75) is 77.7 Å². The number of aromatic nitrogens is 2. The summed E-state index contributed by atoms with van der Waals surface area (Å²) in [6.07, 6.45) is 6.08. The normalized spacial score (nSPS) is 26.4. The minimum Gasteiger partial charge on any atom is -0.339 e. The molecule has 1 heterocycles. The summed E-state index contributed by atoms with van der Waals surface area (Å²) in [5.41, 5.74) is 0. The highest BCUT2D eigenvalue weighted by Crippen LogP contribution is 2.35. The molecule has 0 aliphatic heterocycles. The smallest absolute Gasteiger partial charge is 0.231 e. The van der Waals surface area contributed by atoms with Gasteiger partial charge in [0.1, 0.15) is 0 Å². The Morgan fingerprint density at radius 1 is 1.35 bits per heavy atom. The zero-order valence-electron chi connectivity index (χ0n) is 13.4. The third-order valence-electron chi connectivity index (χ3n) is 4.65. The molecule has 4 atom stereocenters. The summed E-state index contributed by atoms with van der Waals surface area (Å²) in [5.74, 6) is 3.36. The molecule has 1 saturated carbocycles. The Labute approximate surface area is 122 Å². The van der Waals surface area contributed by atoms with Crippen LogP contribution in [0.2, 0.25) is 0 Å². The Bertz CT molecular complexity index is 404. The Kier molecular flexibility index (Phi) is 5.58. The maximum atomic E-state index is 5.57. The number of rotatable bonds is 6. The predicted octanol–water partition coefficient (Wildman–Crippen LogP) is 3.85. The van der Waals surface area contributed by atoms with Crippen molar-refractivity contribution >= 4 is 0 Å². The number of likely N-dealkylation sites (N-methyl/N-ethyl adjacent to an activating group) is 1. The van der Waals surface area contributed by atoms with E-state index in [0.29, 0.717) is 17.9 Å². The minimum absolute atomic E-state index is 0.317. The average molecular weight is 279 g/mol. The van der Waals surface area contributed by atoms with Gasteiger partial charge in [-0.05, 0) is 38.6 Å². The van der Waals surface area contributed by atoms with Crippen molar-refractivity contribution in [1.82, 2.24) is 15.5 Å². The summed E-state index contributed by atoms with van der Waals surface area (Å²) < 4.78 is 5.57. The van der Waals surface area contributed by atoms with E-state index in [1.807, 2.05) is 0 Å². The second-order valence-electron chi connectivity index (χ2n) is 6.32. The first-order valence-electron chi connectivity index (χ1n) is 8.22. The van der Waals surface area contributed by atoms with Crippen molar-refractivity contribution in [3.05, 3.63) is 11.7 Å². The van der Waals surface area contributed by atoms with Crippen molar-refractivity contribution in [3.63, 3.8) is 0 Å². The first-order valence-corrected chi connectivity index (χ1v) is 8.22.